The van der Waals surface area contributed by atoms with Crippen molar-refractivity contribution in [1.29, 1.82) is 0 Å². The van der Waals surface area contributed by atoms with Gasteiger partial charge in [0.1, 0.15) is 0 Å². The Morgan fingerprint density at radius 3 is 2.32 bits per heavy atom. The molecule has 0 aliphatic carbocycles. The molecule has 0 aromatic heterocycles. The average Bonchev–Trinajstić information content (AvgIpc) is 2.47. The summed E-state index contributed by atoms with van der Waals surface area (Å²) in [5.41, 5.74) is 2.79. The first-order valence-electron chi connectivity index (χ1n) is 6.69. The molecule has 0 saturated carbocycles. The van der Waals surface area contributed by atoms with E-state index in [1.807, 2.05) is 24.3 Å². The molecule has 22 heavy (non-hydrogen) atoms. The highest BCUT2D eigenvalue weighted by Crippen LogP contribution is 2.17. The van der Waals surface area contributed by atoms with Crippen LogP contribution in [0.15, 0.2) is 53.4 Å². The van der Waals surface area contributed by atoms with Gasteiger partial charge in [0.15, 0.2) is 5.11 Å². The summed E-state index contributed by atoms with van der Waals surface area (Å²) in [7, 11) is -3.68. The number of sulfonamides is 1. The molecular formula is C15H17N3O2S2. The molecule has 0 fully saturated rings. The molecule has 116 valence electrons. The lowest BCUT2D eigenvalue weighted by Gasteiger charge is -2.13. The van der Waals surface area contributed by atoms with Crippen LogP contribution >= 0.6 is 12.2 Å². The molecule has 0 heterocycles. The third-order valence-electron chi connectivity index (χ3n) is 3.09. The minimum atomic E-state index is -3.68. The smallest absolute Gasteiger partial charge is 0.238 e. The number of benzene rings is 2. The van der Waals surface area contributed by atoms with E-state index in [0.717, 1.165) is 17.7 Å². The number of anilines is 2. The Bertz CT molecular complexity index is 772. The van der Waals surface area contributed by atoms with Crippen LogP contribution in [0.4, 0.5) is 11.4 Å². The van der Waals surface area contributed by atoms with E-state index in [0.29, 0.717) is 10.8 Å². The highest BCUT2D eigenvalue weighted by atomic mass is 32.2. The maximum atomic E-state index is 11.2. The van der Waals surface area contributed by atoms with Crippen molar-refractivity contribution in [2.24, 2.45) is 5.14 Å². The molecule has 0 amide bonds. The second-order valence-corrected chi connectivity index (χ2v) is 6.63. The Balaban J connectivity index is 2.06. The van der Waals surface area contributed by atoms with Crippen molar-refractivity contribution in [3.05, 3.63) is 54.1 Å². The molecule has 7 heteroatoms. The number of nitrogens with one attached hydrogen (secondary N) is 2. The predicted molar refractivity (Wildman–Crippen MR) is 93.5 cm³/mol. The zero-order valence-corrected chi connectivity index (χ0v) is 13.7. The number of hydrogen-bond donors (Lipinski definition) is 3. The number of thiocarbonyl (C=S) groups is 1. The number of aryl methyl sites for hydroxylation is 1. The predicted octanol–water partition coefficient (Wildman–Crippen LogP) is 2.71. The summed E-state index contributed by atoms with van der Waals surface area (Å²) in [5.74, 6) is 0. The van der Waals surface area contributed by atoms with E-state index >= 15 is 0 Å². The molecule has 0 spiro atoms. The van der Waals surface area contributed by atoms with E-state index in [2.05, 4.69) is 17.6 Å². The van der Waals surface area contributed by atoms with Crippen LogP contribution in [0.3, 0.4) is 0 Å². The first kappa shape index (κ1) is 16.4. The fourth-order valence-corrected chi connectivity index (χ4v) is 2.71. The van der Waals surface area contributed by atoms with Crippen molar-refractivity contribution in [2.75, 3.05) is 10.6 Å². The van der Waals surface area contributed by atoms with E-state index < -0.39 is 10.0 Å². The number of primary sulfonamides is 1. The van der Waals surface area contributed by atoms with Gasteiger partial charge in [-0.25, -0.2) is 13.6 Å². The summed E-state index contributed by atoms with van der Waals surface area (Å²) >= 11 is 5.27. The first-order valence-corrected chi connectivity index (χ1v) is 8.64. The van der Waals surface area contributed by atoms with Crippen LogP contribution in [0.1, 0.15) is 12.5 Å². The molecular weight excluding hydrogens is 318 g/mol. The molecule has 0 saturated heterocycles. The SMILES string of the molecule is CCc1ccccc1NC(=S)Nc1ccc(S(N)(=O)=O)cc1. The standard InChI is InChI=1S/C15H17N3O2S2/c1-2-11-5-3-4-6-14(11)18-15(21)17-12-7-9-13(10-8-12)22(16,19)20/h3-10H,2H2,1H3,(H2,16,19,20)(H2,17,18,21). The van der Waals surface area contributed by atoms with Crippen LogP contribution < -0.4 is 15.8 Å². The molecule has 0 aliphatic rings. The summed E-state index contributed by atoms with van der Waals surface area (Å²) in [5, 5.41) is 11.6. The van der Waals surface area contributed by atoms with Gasteiger partial charge in [-0.05, 0) is 54.5 Å². The lowest BCUT2D eigenvalue weighted by Crippen LogP contribution is -2.20. The minimum absolute atomic E-state index is 0.0632. The Kier molecular flexibility index (Phi) is 5.12. The highest BCUT2D eigenvalue weighted by Gasteiger charge is 2.07. The maximum absolute atomic E-state index is 11.2. The fraction of sp³-hybridized carbons (Fsp3) is 0.133. The molecule has 0 aliphatic heterocycles. The minimum Gasteiger partial charge on any atom is -0.332 e. The Morgan fingerprint density at radius 2 is 1.73 bits per heavy atom. The largest absolute Gasteiger partial charge is 0.332 e. The molecule has 4 N–H and O–H groups in total. The van der Waals surface area contributed by atoms with Crippen molar-refractivity contribution < 1.29 is 8.42 Å². The van der Waals surface area contributed by atoms with Crippen LogP contribution in [0, 0.1) is 0 Å². The van der Waals surface area contributed by atoms with Gasteiger partial charge in [0.2, 0.25) is 10.0 Å². The first-order chi connectivity index (χ1) is 10.4. The van der Waals surface area contributed by atoms with Gasteiger partial charge >= 0.3 is 0 Å². The second kappa shape index (κ2) is 6.87. The molecule has 0 atom stereocenters. The van der Waals surface area contributed by atoms with Crippen molar-refractivity contribution in [3.8, 4) is 0 Å². The lowest BCUT2D eigenvalue weighted by molar-refractivity contribution is 0.598. The fourth-order valence-electron chi connectivity index (χ4n) is 1.96. The van der Waals surface area contributed by atoms with Crippen LogP contribution in [-0.4, -0.2) is 13.5 Å². The van der Waals surface area contributed by atoms with E-state index in [9.17, 15) is 8.42 Å². The van der Waals surface area contributed by atoms with Crippen molar-refractivity contribution in [1.82, 2.24) is 0 Å². The van der Waals surface area contributed by atoms with Crippen LogP contribution in [0.5, 0.6) is 0 Å². The van der Waals surface area contributed by atoms with Gasteiger partial charge in [-0.2, -0.15) is 0 Å². The van der Waals surface area contributed by atoms with Crippen LogP contribution in [0.25, 0.3) is 0 Å². The van der Waals surface area contributed by atoms with E-state index in [-0.39, 0.29) is 4.90 Å². The number of rotatable bonds is 4. The topological polar surface area (TPSA) is 84.2 Å². The monoisotopic (exact) mass is 335 g/mol. The van der Waals surface area contributed by atoms with Gasteiger partial charge in [-0.15, -0.1) is 0 Å². The lowest BCUT2D eigenvalue weighted by atomic mass is 10.1. The molecule has 5 nitrogen and oxygen atoms in total. The van der Waals surface area contributed by atoms with Gasteiger partial charge in [-0.1, -0.05) is 25.1 Å². The zero-order valence-electron chi connectivity index (χ0n) is 12.0. The Hall–Kier alpha value is -1.96. The molecule has 2 rings (SSSR count). The van der Waals surface area contributed by atoms with E-state index in [4.69, 9.17) is 17.4 Å². The summed E-state index contributed by atoms with van der Waals surface area (Å²) in [6.07, 6.45) is 0.898. The van der Waals surface area contributed by atoms with E-state index in [1.54, 1.807) is 12.1 Å². The summed E-state index contributed by atoms with van der Waals surface area (Å²) in [6, 6.07) is 14.0. The van der Waals surface area contributed by atoms with Gasteiger partial charge in [0, 0.05) is 11.4 Å². The molecule has 0 bridgehead atoms. The number of para-hydroxylation sites is 1. The van der Waals surface area contributed by atoms with Crippen LogP contribution in [0.2, 0.25) is 0 Å². The third kappa shape index (κ3) is 4.27. The molecule has 0 unspecified atom stereocenters. The average molecular weight is 335 g/mol. The Morgan fingerprint density at radius 1 is 1.09 bits per heavy atom. The van der Waals surface area contributed by atoms with Gasteiger partial charge < -0.3 is 10.6 Å². The normalized spacial score (nSPS) is 11.0. The summed E-state index contributed by atoms with van der Waals surface area (Å²) < 4.78 is 22.4. The zero-order chi connectivity index (χ0) is 16.2. The Labute approximate surface area is 135 Å². The quantitative estimate of drug-likeness (QED) is 0.748. The van der Waals surface area contributed by atoms with Crippen molar-refractivity contribution in [2.45, 2.75) is 18.2 Å². The van der Waals surface area contributed by atoms with Gasteiger partial charge in [-0.3, -0.25) is 0 Å². The summed E-state index contributed by atoms with van der Waals surface area (Å²) in [6.45, 7) is 2.07. The summed E-state index contributed by atoms with van der Waals surface area (Å²) in [4.78, 5) is 0.0632. The third-order valence-corrected chi connectivity index (χ3v) is 4.22. The van der Waals surface area contributed by atoms with Gasteiger partial charge in [0.05, 0.1) is 4.90 Å². The van der Waals surface area contributed by atoms with Crippen LogP contribution in [-0.2, 0) is 16.4 Å². The van der Waals surface area contributed by atoms with Crippen molar-refractivity contribution in [3.63, 3.8) is 0 Å². The van der Waals surface area contributed by atoms with Crippen molar-refractivity contribution >= 4 is 38.7 Å². The molecule has 0 radical (unpaired) electrons. The molecule has 2 aromatic carbocycles. The number of nitrogens with two attached hydrogens (primary N) is 1. The van der Waals surface area contributed by atoms with Gasteiger partial charge in [0.25, 0.3) is 0 Å². The maximum Gasteiger partial charge on any atom is 0.238 e. The van der Waals surface area contributed by atoms with E-state index in [1.165, 1.54) is 12.1 Å². The second-order valence-electron chi connectivity index (χ2n) is 4.66. The highest BCUT2D eigenvalue weighted by molar-refractivity contribution is 7.89. The molecule has 2 aromatic rings. The number of hydrogen-bond acceptors (Lipinski definition) is 3.